The van der Waals surface area contributed by atoms with E-state index in [9.17, 15) is 9.59 Å². The van der Waals surface area contributed by atoms with E-state index in [1.807, 2.05) is 18.7 Å². The molecule has 2 aromatic rings. The normalized spacial score (nSPS) is 13.1. The highest BCUT2D eigenvalue weighted by Gasteiger charge is 2.29. The first-order valence-electron chi connectivity index (χ1n) is 7.11. The molecule has 0 saturated carbocycles. The predicted molar refractivity (Wildman–Crippen MR) is 83.6 cm³/mol. The van der Waals surface area contributed by atoms with E-state index in [2.05, 4.69) is 25.1 Å². The molecule has 1 heterocycles. The van der Waals surface area contributed by atoms with E-state index in [-0.39, 0.29) is 5.69 Å². The number of aryl methyl sites for hydroxylation is 1. The van der Waals surface area contributed by atoms with E-state index in [0.29, 0.717) is 5.69 Å². The topological polar surface area (TPSA) is 63.4 Å². The number of fused-ring (bicyclic) bond motifs is 1. The molecule has 2 aromatic carbocycles. The van der Waals surface area contributed by atoms with Crippen LogP contribution >= 0.6 is 0 Å². The first-order chi connectivity index (χ1) is 9.63. The average molecular weight is 272 g/mol. The third-order valence-electron chi connectivity index (χ3n) is 3.64. The molecule has 4 nitrogen and oxygen atoms in total. The van der Waals surface area contributed by atoms with Gasteiger partial charge in [-0.3, -0.25) is 9.59 Å². The second-order valence-electron chi connectivity index (χ2n) is 4.64. The molecule has 0 aliphatic carbocycles. The van der Waals surface area contributed by atoms with Gasteiger partial charge in [-0.15, -0.1) is 0 Å². The van der Waals surface area contributed by atoms with Crippen LogP contribution in [0.25, 0.3) is 0 Å². The first-order valence-corrected chi connectivity index (χ1v) is 7.11. The van der Waals surface area contributed by atoms with Crippen molar-refractivity contribution < 1.29 is 0 Å². The van der Waals surface area contributed by atoms with Gasteiger partial charge in [0, 0.05) is 12.2 Å². The Kier molecular flexibility index (Phi) is 3.93. The highest BCUT2D eigenvalue weighted by atomic mass is 16.2. The van der Waals surface area contributed by atoms with Crippen LogP contribution in [0.15, 0.2) is 27.8 Å². The molecule has 4 heteroatoms. The van der Waals surface area contributed by atoms with Crippen LogP contribution in [-0.4, -0.2) is 6.54 Å². The van der Waals surface area contributed by atoms with Crippen molar-refractivity contribution in [3.8, 4) is 0 Å². The maximum Gasteiger partial charge on any atom is 0.253 e. The number of hydrogen-bond acceptors (Lipinski definition) is 4. The molecule has 0 spiro atoms. The van der Waals surface area contributed by atoms with E-state index >= 15 is 0 Å². The molecule has 2 N–H and O–H groups in total. The van der Waals surface area contributed by atoms with E-state index in [0.717, 1.165) is 25.1 Å². The lowest BCUT2D eigenvalue weighted by Crippen LogP contribution is -2.40. The number of anilines is 3. The molecule has 1 aliphatic rings. The van der Waals surface area contributed by atoms with Crippen LogP contribution in [0.4, 0.5) is 17.1 Å². The van der Waals surface area contributed by atoms with Crippen LogP contribution in [0, 0.1) is 0 Å². The summed E-state index contributed by atoms with van der Waals surface area (Å²) < 4.78 is 0. The summed E-state index contributed by atoms with van der Waals surface area (Å²) in [7, 11) is 0. The van der Waals surface area contributed by atoms with Crippen molar-refractivity contribution in [2.24, 2.45) is 0 Å². The molecule has 1 aliphatic heterocycles. The Balaban J connectivity index is 0.000000704. The van der Waals surface area contributed by atoms with Crippen molar-refractivity contribution in [3.05, 3.63) is 49.8 Å². The van der Waals surface area contributed by atoms with Crippen LogP contribution in [0.5, 0.6) is 0 Å². The van der Waals surface area contributed by atoms with Crippen molar-refractivity contribution in [2.45, 2.75) is 33.6 Å². The summed E-state index contributed by atoms with van der Waals surface area (Å²) in [5.41, 5.74) is 8.56. The largest absolute Gasteiger partial charge is 0.394 e. The zero-order chi connectivity index (χ0) is 14.9. The number of nitrogen functional groups attached to an aromatic ring is 1. The SMILES string of the molecule is CC.CCc1ccc2c(c1)N(c1c(N)c(=O)c1=O)CC2. The second kappa shape index (κ2) is 5.49. The highest BCUT2D eigenvalue weighted by molar-refractivity contribution is 5.81. The maximum absolute atomic E-state index is 11.6. The highest BCUT2D eigenvalue weighted by Crippen LogP contribution is 2.35. The van der Waals surface area contributed by atoms with Gasteiger partial charge in [0.25, 0.3) is 10.9 Å². The third-order valence-corrected chi connectivity index (χ3v) is 3.64. The summed E-state index contributed by atoms with van der Waals surface area (Å²) in [6, 6.07) is 6.28. The van der Waals surface area contributed by atoms with Gasteiger partial charge in [-0.1, -0.05) is 32.9 Å². The van der Waals surface area contributed by atoms with Crippen LogP contribution in [0.2, 0.25) is 0 Å². The number of hydrogen-bond donors (Lipinski definition) is 1. The van der Waals surface area contributed by atoms with Crippen LogP contribution < -0.4 is 21.5 Å². The van der Waals surface area contributed by atoms with Gasteiger partial charge in [0.2, 0.25) is 0 Å². The molecule has 0 aromatic heterocycles. The standard InChI is InChI=1S/C14H14N2O2.C2H6/c1-2-8-3-4-9-5-6-16(10(9)7-8)12-11(15)13(17)14(12)18;1-2/h3-4,7H,2,5-6,15H2,1H3;1-2H3. The Morgan fingerprint density at radius 2 is 1.90 bits per heavy atom. The number of rotatable bonds is 2. The minimum Gasteiger partial charge on any atom is -0.394 e. The fourth-order valence-electron chi connectivity index (χ4n) is 2.54. The Morgan fingerprint density at radius 1 is 1.20 bits per heavy atom. The number of nitrogens with zero attached hydrogens (tertiary/aromatic N) is 1. The molecule has 0 unspecified atom stereocenters. The zero-order valence-electron chi connectivity index (χ0n) is 12.2. The van der Waals surface area contributed by atoms with Gasteiger partial charge in [-0.2, -0.15) is 0 Å². The van der Waals surface area contributed by atoms with E-state index in [4.69, 9.17) is 5.73 Å². The molecule has 0 radical (unpaired) electrons. The molecule has 0 amide bonds. The Morgan fingerprint density at radius 3 is 2.50 bits per heavy atom. The quantitative estimate of drug-likeness (QED) is 0.851. The summed E-state index contributed by atoms with van der Waals surface area (Å²) in [6.45, 7) is 6.81. The molecule has 106 valence electrons. The van der Waals surface area contributed by atoms with E-state index in [1.54, 1.807) is 0 Å². The molecule has 0 atom stereocenters. The predicted octanol–water partition coefficient (Wildman–Crippen LogP) is 2.15. The Labute approximate surface area is 118 Å². The molecule has 0 bridgehead atoms. The maximum atomic E-state index is 11.6. The summed E-state index contributed by atoms with van der Waals surface area (Å²) in [5.74, 6) is 0. The fraction of sp³-hybridized carbons (Fsp3) is 0.375. The van der Waals surface area contributed by atoms with Gasteiger partial charge in [0.05, 0.1) is 0 Å². The van der Waals surface area contributed by atoms with Crippen molar-refractivity contribution >= 4 is 17.1 Å². The lowest BCUT2D eigenvalue weighted by atomic mass is 10.1. The first kappa shape index (κ1) is 14.3. The zero-order valence-corrected chi connectivity index (χ0v) is 12.2. The van der Waals surface area contributed by atoms with Gasteiger partial charge in [-0.05, 0) is 30.0 Å². The van der Waals surface area contributed by atoms with E-state index < -0.39 is 10.9 Å². The van der Waals surface area contributed by atoms with Gasteiger partial charge < -0.3 is 10.6 Å². The van der Waals surface area contributed by atoms with Crippen molar-refractivity contribution in [3.63, 3.8) is 0 Å². The minimum atomic E-state index is -0.551. The van der Waals surface area contributed by atoms with Crippen molar-refractivity contribution in [1.29, 1.82) is 0 Å². The van der Waals surface area contributed by atoms with E-state index in [1.165, 1.54) is 11.1 Å². The number of nitrogens with two attached hydrogens (primary N) is 1. The molecular weight excluding hydrogens is 252 g/mol. The lowest BCUT2D eigenvalue weighted by Gasteiger charge is -2.22. The molecule has 0 saturated heterocycles. The second-order valence-corrected chi connectivity index (χ2v) is 4.64. The lowest BCUT2D eigenvalue weighted by molar-refractivity contribution is 0.987. The van der Waals surface area contributed by atoms with Gasteiger partial charge in [0.1, 0.15) is 11.4 Å². The summed E-state index contributed by atoms with van der Waals surface area (Å²) in [5, 5.41) is 0. The van der Waals surface area contributed by atoms with Crippen LogP contribution in [0.1, 0.15) is 31.9 Å². The van der Waals surface area contributed by atoms with Gasteiger partial charge in [0.15, 0.2) is 0 Å². The Bertz CT molecular complexity index is 697. The number of benzene rings is 1. The minimum absolute atomic E-state index is 0.106. The van der Waals surface area contributed by atoms with Gasteiger partial charge >= 0.3 is 0 Å². The summed E-state index contributed by atoms with van der Waals surface area (Å²) in [6.07, 6.45) is 1.83. The molecule has 3 rings (SSSR count). The monoisotopic (exact) mass is 272 g/mol. The smallest absolute Gasteiger partial charge is 0.253 e. The third kappa shape index (κ3) is 2.01. The van der Waals surface area contributed by atoms with Crippen molar-refractivity contribution in [2.75, 3.05) is 17.2 Å². The molecule has 0 fully saturated rings. The average Bonchev–Trinajstić information content (AvgIpc) is 2.91. The van der Waals surface area contributed by atoms with Crippen molar-refractivity contribution in [1.82, 2.24) is 0 Å². The Hall–Kier alpha value is -2.10. The summed E-state index contributed by atoms with van der Waals surface area (Å²) in [4.78, 5) is 24.7. The summed E-state index contributed by atoms with van der Waals surface area (Å²) >= 11 is 0. The van der Waals surface area contributed by atoms with Gasteiger partial charge in [-0.25, -0.2) is 0 Å². The molecular formula is C16H20N2O2. The fourth-order valence-corrected chi connectivity index (χ4v) is 2.54. The molecule has 20 heavy (non-hydrogen) atoms. The van der Waals surface area contributed by atoms with Crippen LogP contribution in [-0.2, 0) is 12.8 Å². The van der Waals surface area contributed by atoms with Crippen LogP contribution in [0.3, 0.4) is 0 Å².